The molecule has 1 saturated carbocycles. The SMILES string of the molecule is C[Si](C)(C)O[Si](C)(C)C1C[C@H]2C=C[C@@H]1C2. The molecule has 1 fully saturated rings. The van der Waals surface area contributed by atoms with E-state index in [-0.39, 0.29) is 0 Å². The van der Waals surface area contributed by atoms with Crippen molar-refractivity contribution < 1.29 is 4.12 Å². The van der Waals surface area contributed by atoms with Crippen molar-refractivity contribution >= 4 is 16.6 Å². The van der Waals surface area contributed by atoms with E-state index in [2.05, 4.69) is 44.9 Å². The van der Waals surface area contributed by atoms with E-state index >= 15 is 0 Å². The first-order valence-corrected chi connectivity index (χ1v) is 12.6. The highest BCUT2D eigenvalue weighted by molar-refractivity contribution is 6.85. The summed E-state index contributed by atoms with van der Waals surface area (Å²) in [6, 6.07) is 0. The molecule has 2 aliphatic rings. The lowest BCUT2D eigenvalue weighted by molar-refractivity contribution is 0.497. The van der Waals surface area contributed by atoms with Crippen molar-refractivity contribution in [3.8, 4) is 0 Å². The highest BCUT2D eigenvalue weighted by atomic mass is 28.4. The number of rotatable bonds is 3. The first-order chi connectivity index (χ1) is 6.78. The third-order valence-electron chi connectivity index (χ3n) is 3.74. The topological polar surface area (TPSA) is 9.23 Å². The second kappa shape index (κ2) is 3.57. The summed E-state index contributed by atoms with van der Waals surface area (Å²) in [5.41, 5.74) is 0.888. The fraction of sp³-hybridized carbons (Fsp3) is 0.833. The molecule has 15 heavy (non-hydrogen) atoms. The van der Waals surface area contributed by atoms with Crippen LogP contribution in [0.4, 0.5) is 0 Å². The van der Waals surface area contributed by atoms with Crippen molar-refractivity contribution in [1.82, 2.24) is 0 Å². The molecule has 0 radical (unpaired) electrons. The van der Waals surface area contributed by atoms with E-state index in [1.807, 2.05) is 0 Å². The normalized spacial score (nSPS) is 35.1. The Balaban J connectivity index is 2.06. The minimum atomic E-state index is -1.45. The van der Waals surface area contributed by atoms with Crippen LogP contribution in [0.5, 0.6) is 0 Å². The van der Waals surface area contributed by atoms with Crippen molar-refractivity contribution in [2.24, 2.45) is 11.8 Å². The number of fused-ring (bicyclic) bond motifs is 2. The Morgan fingerprint density at radius 1 is 1.00 bits per heavy atom. The summed E-state index contributed by atoms with van der Waals surface area (Å²) in [6.07, 6.45) is 7.71. The van der Waals surface area contributed by atoms with Crippen LogP contribution in [0.15, 0.2) is 12.2 Å². The van der Waals surface area contributed by atoms with Crippen LogP contribution in [0.1, 0.15) is 12.8 Å². The molecular weight excluding hydrogens is 216 g/mol. The van der Waals surface area contributed by atoms with E-state index in [1.54, 1.807) is 0 Å². The summed E-state index contributed by atoms with van der Waals surface area (Å²) >= 11 is 0. The Morgan fingerprint density at radius 3 is 2.07 bits per heavy atom. The van der Waals surface area contributed by atoms with Crippen LogP contribution < -0.4 is 0 Å². The summed E-state index contributed by atoms with van der Waals surface area (Å²) in [6.45, 7) is 11.8. The Morgan fingerprint density at radius 2 is 1.67 bits per heavy atom. The summed E-state index contributed by atoms with van der Waals surface area (Å²) in [7, 11) is -2.80. The molecule has 3 atom stereocenters. The van der Waals surface area contributed by atoms with E-state index in [0.29, 0.717) is 0 Å². The molecule has 0 N–H and O–H groups in total. The minimum absolute atomic E-state index is 0.855. The van der Waals surface area contributed by atoms with Gasteiger partial charge in [-0.1, -0.05) is 12.2 Å². The van der Waals surface area contributed by atoms with Gasteiger partial charge in [-0.3, -0.25) is 0 Å². The lowest BCUT2D eigenvalue weighted by atomic mass is 10.1. The lowest BCUT2D eigenvalue weighted by Gasteiger charge is -2.38. The van der Waals surface area contributed by atoms with Crippen LogP contribution in [0.25, 0.3) is 0 Å². The second-order valence-electron chi connectivity index (χ2n) is 6.70. The van der Waals surface area contributed by atoms with Gasteiger partial charge in [-0.15, -0.1) is 0 Å². The highest BCUT2D eigenvalue weighted by Crippen LogP contribution is 2.52. The fourth-order valence-corrected chi connectivity index (χ4v) is 12.5. The molecule has 0 aromatic heterocycles. The van der Waals surface area contributed by atoms with Gasteiger partial charge in [0.25, 0.3) is 0 Å². The summed E-state index contributed by atoms with van der Waals surface area (Å²) < 4.78 is 6.51. The van der Waals surface area contributed by atoms with Crippen LogP contribution in [-0.4, -0.2) is 16.6 Å². The summed E-state index contributed by atoms with van der Waals surface area (Å²) in [5, 5.41) is 0. The molecule has 1 unspecified atom stereocenters. The average molecular weight is 240 g/mol. The van der Waals surface area contributed by atoms with E-state index in [0.717, 1.165) is 17.4 Å². The molecule has 2 rings (SSSR count). The Bertz CT molecular complexity index is 278. The zero-order chi connectivity index (χ0) is 11.3. The maximum atomic E-state index is 6.51. The van der Waals surface area contributed by atoms with Crippen molar-refractivity contribution in [3.63, 3.8) is 0 Å². The molecule has 86 valence electrons. The van der Waals surface area contributed by atoms with E-state index in [1.165, 1.54) is 12.8 Å². The molecular formula is C12H24OSi2. The van der Waals surface area contributed by atoms with Crippen LogP contribution in [0, 0.1) is 11.8 Å². The first-order valence-electron chi connectivity index (χ1n) is 6.16. The van der Waals surface area contributed by atoms with E-state index in [9.17, 15) is 0 Å². The molecule has 0 spiro atoms. The quantitative estimate of drug-likeness (QED) is 0.535. The van der Waals surface area contributed by atoms with Crippen molar-refractivity contribution in [2.45, 2.75) is 51.1 Å². The lowest BCUT2D eigenvalue weighted by Crippen LogP contribution is -2.46. The smallest absolute Gasteiger partial charge is 0.177 e. The predicted molar refractivity (Wildman–Crippen MR) is 71.0 cm³/mol. The fourth-order valence-electron chi connectivity index (χ4n) is 3.44. The minimum Gasteiger partial charge on any atom is -0.455 e. The van der Waals surface area contributed by atoms with Gasteiger partial charge < -0.3 is 4.12 Å². The number of hydrogen-bond donors (Lipinski definition) is 0. The Kier molecular flexibility index (Phi) is 2.76. The second-order valence-corrected chi connectivity index (χ2v) is 15.7. The molecule has 0 aromatic carbocycles. The monoisotopic (exact) mass is 240 g/mol. The maximum absolute atomic E-state index is 6.51. The number of hydrogen-bond acceptors (Lipinski definition) is 1. The van der Waals surface area contributed by atoms with Gasteiger partial charge in [0.2, 0.25) is 0 Å². The summed E-state index contributed by atoms with van der Waals surface area (Å²) in [5.74, 6) is 1.74. The molecule has 0 amide bonds. The van der Waals surface area contributed by atoms with Gasteiger partial charge in [0, 0.05) is 0 Å². The van der Waals surface area contributed by atoms with Crippen molar-refractivity contribution in [1.29, 1.82) is 0 Å². The van der Waals surface area contributed by atoms with Gasteiger partial charge in [0.05, 0.1) is 0 Å². The molecule has 0 heterocycles. The molecule has 0 aromatic rings. The third-order valence-corrected chi connectivity index (χ3v) is 10.7. The van der Waals surface area contributed by atoms with Gasteiger partial charge in [-0.25, -0.2) is 0 Å². The summed E-state index contributed by atoms with van der Waals surface area (Å²) in [4.78, 5) is 0. The molecule has 3 heteroatoms. The average Bonchev–Trinajstić information content (AvgIpc) is 2.58. The maximum Gasteiger partial charge on any atom is 0.177 e. The van der Waals surface area contributed by atoms with Crippen molar-refractivity contribution in [2.75, 3.05) is 0 Å². The number of allylic oxidation sites excluding steroid dienone is 2. The molecule has 2 aliphatic carbocycles. The van der Waals surface area contributed by atoms with Crippen LogP contribution in [0.2, 0.25) is 38.3 Å². The third kappa shape index (κ3) is 2.45. The standard InChI is InChI=1S/C12H24OSi2/c1-14(2,3)13-15(4,5)12-9-10-6-7-11(12)8-10/h6-7,10-12H,8-9H2,1-5H3/t10-,11+,12?/m0/s1. The van der Waals surface area contributed by atoms with Crippen molar-refractivity contribution in [3.05, 3.63) is 12.2 Å². The van der Waals surface area contributed by atoms with Gasteiger partial charge in [-0.2, -0.15) is 0 Å². The van der Waals surface area contributed by atoms with Gasteiger partial charge >= 0.3 is 0 Å². The highest BCUT2D eigenvalue weighted by Gasteiger charge is 2.47. The zero-order valence-electron chi connectivity index (χ0n) is 10.7. The predicted octanol–water partition coefficient (Wildman–Crippen LogP) is 4.01. The molecule has 2 bridgehead atoms. The Labute approximate surface area is 96.2 Å². The Hall–Kier alpha value is 0.134. The van der Waals surface area contributed by atoms with E-state index in [4.69, 9.17) is 4.12 Å². The van der Waals surface area contributed by atoms with Gasteiger partial charge in [0.15, 0.2) is 16.6 Å². The van der Waals surface area contributed by atoms with Crippen LogP contribution in [-0.2, 0) is 4.12 Å². The van der Waals surface area contributed by atoms with Gasteiger partial charge in [0.1, 0.15) is 0 Å². The molecule has 0 aliphatic heterocycles. The van der Waals surface area contributed by atoms with Crippen LogP contribution in [0.3, 0.4) is 0 Å². The largest absolute Gasteiger partial charge is 0.455 e. The first kappa shape index (κ1) is 11.6. The molecule has 0 saturated heterocycles. The van der Waals surface area contributed by atoms with Gasteiger partial charge in [-0.05, 0) is 63.0 Å². The van der Waals surface area contributed by atoms with Crippen LogP contribution >= 0.6 is 0 Å². The molecule has 1 nitrogen and oxygen atoms in total. The zero-order valence-corrected chi connectivity index (χ0v) is 12.7. The van der Waals surface area contributed by atoms with E-state index < -0.39 is 16.6 Å².